The van der Waals surface area contributed by atoms with Crippen LogP contribution in [0.15, 0.2) is 0 Å². The molecule has 2 fully saturated rings. The Morgan fingerprint density at radius 2 is 1.90 bits per heavy atom. The topological polar surface area (TPSA) is 67.4 Å². The minimum absolute atomic E-state index is 0.346. The first-order chi connectivity index (χ1) is 9.98. The van der Waals surface area contributed by atoms with Crippen molar-refractivity contribution < 1.29 is 13.2 Å². The monoisotopic (exact) mass is 318 g/mol. The Bertz CT molecular complexity index is 419. The summed E-state index contributed by atoms with van der Waals surface area (Å²) in [5.41, 5.74) is 0.346. The third-order valence-corrected chi connectivity index (χ3v) is 5.77. The van der Waals surface area contributed by atoms with Crippen molar-refractivity contribution in [3.05, 3.63) is 0 Å². The maximum absolute atomic E-state index is 11.0. The van der Waals surface area contributed by atoms with Crippen molar-refractivity contribution in [3.8, 4) is 0 Å². The molecule has 0 saturated heterocycles. The number of hydrogen-bond acceptors (Lipinski definition) is 4. The van der Waals surface area contributed by atoms with Gasteiger partial charge in [-0.2, -0.15) is 0 Å². The van der Waals surface area contributed by atoms with Crippen molar-refractivity contribution in [2.75, 3.05) is 26.0 Å². The van der Waals surface area contributed by atoms with E-state index in [1.807, 2.05) is 0 Å². The Balaban J connectivity index is 1.75. The number of ether oxygens (including phenoxy) is 1. The third kappa shape index (κ3) is 4.41. The van der Waals surface area contributed by atoms with E-state index in [1.54, 1.807) is 0 Å². The van der Waals surface area contributed by atoms with Crippen LogP contribution in [0.2, 0.25) is 0 Å². The predicted molar refractivity (Wildman–Crippen MR) is 84.8 cm³/mol. The van der Waals surface area contributed by atoms with Crippen LogP contribution in [0.25, 0.3) is 0 Å². The van der Waals surface area contributed by atoms with Crippen LogP contribution in [-0.4, -0.2) is 46.5 Å². The van der Waals surface area contributed by atoms with Crippen LogP contribution in [0, 0.1) is 5.41 Å². The van der Waals surface area contributed by atoms with Crippen molar-refractivity contribution in [1.29, 1.82) is 0 Å². The molecule has 6 heteroatoms. The molecular weight excluding hydrogens is 288 g/mol. The minimum atomic E-state index is -3.06. The molecule has 2 aliphatic carbocycles. The molecule has 0 aromatic heterocycles. The summed E-state index contributed by atoms with van der Waals surface area (Å²) in [6.07, 6.45) is 10.1. The van der Waals surface area contributed by atoms with Crippen LogP contribution in [0.4, 0.5) is 0 Å². The first-order valence-electron chi connectivity index (χ1n) is 8.27. The van der Waals surface area contributed by atoms with Gasteiger partial charge in [-0.3, -0.25) is 0 Å². The van der Waals surface area contributed by atoms with Gasteiger partial charge in [-0.15, -0.1) is 0 Å². The summed E-state index contributed by atoms with van der Waals surface area (Å²) in [5.74, 6) is 0. The Morgan fingerprint density at radius 1 is 1.19 bits per heavy atom. The molecule has 2 unspecified atom stereocenters. The van der Waals surface area contributed by atoms with E-state index in [4.69, 9.17) is 4.74 Å². The SMILES string of the molecule is CCOC1CC(NCCCNS(C)(=O)=O)C12CCCCC2. The smallest absolute Gasteiger partial charge is 0.208 e. The molecule has 0 aromatic rings. The van der Waals surface area contributed by atoms with Gasteiger partial charge in [0, 0.05) is 24.6 Å². The van der Waals surface area contributed by atoms with Crippen LogP contribution in [0.5, 0.6) is 0 Å². The molecule has 0 aliphatic heterocycles. The van der Waals surface area contributed by atoms with Gasteiger partial charge in [-0.05, 0) is 39.2 Å². The molecule has 0 bridgehead atoms. The zero-order valence-electron chi connectivity index (χ0n) is 13.4. The maximum Gasteiger partial charge on any atom is 0.208 e. The van der Waals surface area contributed by atoms with Gasteiger partial charge >= 0.3 is 0 Å². The third-order valence-electron chi connectivity index (χ3n) is 5.05. The second kappa shape index (κ2) is 7.40. The van der Waals surface area contributed by atoms with Gasteiger partial charge in [0.2, 0.25) is 10.0 Å². The molecule has 2 N–H and O–H groups in total. The lowest BCUT2D eigenvalue weighted by molar-refractivity contribution is -0.149. The van der Waals surface area contributed by atoms with Crippen LogP contribution < -0.4 is 10.0 Å². The Kier molecular flexibility index (Phi) is 6.05. The van der Waals surface area contributed by atoms with E-state index in [0.717, 1.165) is 26.0 Å². The highest BCUT2D eigenvalue weighted by Gasteiger charge is 2.55. The van der Waals surface area contributed by atoms with E-state index < -0.39 is 10.0 Å². The molecule has 5 nitrogen and oxygen atoms in total. The van der Waals surface area contributed by atoms with Crippen molar-refractivity contribution in [2.45, 2.75) is 64.0 Å². The molecule has 2 aliphatic rings. The Hall–Kier alpha value is -0.170. The minimum Gasteiger partial charge on any atom is -0.378 e. The number of hydrogen-bond donors (Lipinski definition) is 2. The molecule has 2 saturated carbocycles. The largest absolute Gasteiger partial charge is 0.378 e. The van der Waals surface area contributed by atoms with Crippen molar-refractivity contribution >= 4 is 10.0 Å². The van der Waals surface area contributed by atoms with E-state index in [-0.39, 0.29) is 0 Å². The quantitative estimate of drug-likeness (QED) is 0.668. The Labute approximate surface area is 129 Å². The van der Waals surface area contributed by atoms with Crippen LogP contribution in [-0.2, 0) is 14.8 Å². The molecule has 2 rings (SSSR count). The van der Waals surface area contributed by atoms with E-state index in [0.29, 0.717) is 24.1 Å². The molecule has 0 amide bonds. The highest BCUT2D eigenvalue weighted by atomic mass is 32.2. The molecule has 0 heterocycles. The molecular formula is C15H30N2O3S. The standard InChI is InChI=1S/C15H30N2O3S/c1-3-20-14-12-13(15(14)8-5-4-6-9-15)16-10-7-11-17-21(2,18)19/h13-14,16-17H,3-12H2,1-2H3. The fourth-order valence-corrected chi connectivity index (χ4v) is 4.49. The molecule has 0 aromatic carbocycles. The van der Waals surface area contributed by atoms with Crippen molar-refractivity contribution in [3.63, 3.8) is 0 Å². The first kappa shape index (κ1) is 17.2. The van der Waals surface area contributed by atoms with E-state index in [9.17, 15) is 8.42 Å². The highest BCUT2D eigenvalue weighted by molar-refractivity contribution is 7.88. The summed E-state index contributed by atoms with van der Waals surface area (Å²) in [6, 6.07) is 0.549. The fourth-order valence-electron chi connectivity index (χ4n) is 3.97. The normalized spacial score (nSPS) is 28.5. The lowest BCUT2D eigenvalue weighted by atomic mass is 9.55. The zero-order chi connectivity index (χ0) is 15.3. The van der Waals surface area contributed by atoms with Gasteiger partial charge < -0.3 is 10.1 Å². The van der Waals surface area contributed by atoms with Crippen molar-refractivity contribution in [2.24, 2.45) is 5.41 Å². The van der Waals surface area contributed by atoms with Gasteiger partial charge in [0.1, 0.15) is 0 Å². The van der Waals surface area contributed by atoms with E-state index in [1.165, 1.54) is 38.4 Å². The average molecular weight is 318 g/mol. The van der Waals surface area contributed by atoms with Gasteiger partial charge in [0.25, 0.3) is 0 Å². The van der Waals surface area contributed by atoms with Crippen LogP contribution >= 0.6 is 0 Å². The molecule has 21 heavy (non-hydrogen) atoms. The number of nitrogens with one attached hydrogen (secondary N) is 2. The average Bonchev–Trinajstić information content (AvgIpc) is 2.44. The van der Waals surface area contributed by atoms with Crippen molar-refractivity contribution in [1.82, 2.24) is 10.0 Å². The fraction of sp³-hybridized carbons (Fsp3) is 1.00. The molecule has 1 spiro atoms. The first-order valence-corrected chi connectivity index (χ1v) is 10.2. The lowest BCUT2D eigenvalue weighted by Gasteiger charge is -2.58. The van der Waals surface area contributed by atoms with Gasteiger partial charge in [-0.25, -0.2) is 13.1 Å². The molecule has 2 atom stereocenters. The lowest BCUT2D eigenvalue weighted by Crippen LogP contribution is -2.64. The summed E-state index contributed by atoms with van der Waals surface area (Å²) in [5, 5.41) is 3.64. The predicted octanol–water partition coefficient (Wildman–Crippen LogP) is 1.64. The molecule has 124 valence electrons. The summed E-state index contributed by atoms with van der Waals surface area (Å²) in [6.45, 7) is 4.26. The molecule has 0 radical (unpaired) electrons. The van der Waals surface area contributed by atoms with Gasteiger partial charge in [-0.1, -0.05) is 19.3 Å². The van der Waals surface area contributed by atoms with E-state index in [2.05, 4.69) is 17.0 Å². The summed E-state index contributed by atoms with van der Waals surface area (Å²) in [7, 11) is -3.06. The zero-order valence-corrected chi connectivity index (χ0v) is 14.2. The van der Waals surface area contributed by atoms with Gasteiger partial charge in [0.15, 0.2) is 0 Å². The van der Waals surface area contributed by atoms with E-state index >= 15 is 0 Å². The summed E-state index contributed by atoms with van der Waals surface area (Å²) in [4.78, 5) is 0. The number of rotatable bonds is 8. The van der Waals surface area contributed by atoms with Gasteiger partial charge in [0.05, 0.1) is 12.4 Å². The summed E-state index contributed by atoms with van der Waals surface area (Å²) < 4.78 is 30.5. The second-order valence-electron chi connectivity index (χ2n) is 6.50. The van der Waals surface area contributed by atoms with Crippen LogP contribution in [0.3, 0.4) is 0 Å². The summed E-state index contributed by atoms with van der Waals surface area (Å²) >= 11 is 0. The Morgan fingerprint density at radius 3 is 2.52 bits per heavy atom. The number of sulfonamides is 1. The second-order valence-corrected chi connectivity index (χ2v) is 8.33. The highest BCUT2D eigenvalue weighted by Crippen LogP contribution is 2.53. The van der Waals surface area contributed by atoms with Crippen LogP contribution in [0.1, 0.15) is 51.9 Å². The maximum atomic E-state index is 11.0.